The highest BCUT2D eigenvalue weighted by atomic mass is 19.1. The van der Waals surface area contributed by atoms with Gasteiger partial charge in [-0.3, -0.25) is 0 Å². The summed E-state index contributed by atoms with van der Waals surface area (Å²) in [6.07, 6.45) is 3.46. The fraction of sp³-hybridized carbons (Fsp3) is 0.200. The molecule has 5 nitrogen and oxygen atoms in total. The number of halogens is 1. The monoisotopic (exact) mass is 349 g/mol. The number of methoxy groups -OCH3 is 1. The molecule has 1 aliphatic heterocycles. The second-order valence-corrected chi connectivity index (χ2v) is 6.35. The van der Waals surface area contributed by atoms with Crippen molar-refractivity contribution in [3.05, 3.63) is 83.2 Å². The molecule has 0 fully saturated rings. The van der Waals surface area contributed by atoms with Crippen LogP contribution in [0.4, 0.5) is 4.39 Å². The van der Waals surface area contributed by atoms with Gasteiger partial charge in [-0.1, -0.05) is 18.2 Å². The number of nitrogens with zero attached hydrogens (tertiary/aromatic N) is 3. The van der Waals surface area contributed by atoms with E-state index in [4.69, 9.17) is 10.00 Å². The van der Waals surface area contributed by atoms with E-state index in [9.17, 15) is 9.50 Å². The molecule has 4 rings (SSSR count). The first-order valence-electron chi connectivity index (χ1n) is 8.15. The Hall–Kier alpha value is -3.17. The van der Waals surface area contributed by atoms with Crippen LogP contribution >= 0.6 is 0 Å². The standard InChI is InChI=1S/C20H16FN3O2/c1-26-15-4-2-3-14(8-15)20(25)9-18(24-12-23-11-19(20)24)16-6-5-13(10-22)7-17(16)21/h2-8,11-12,18,25H,9H2,1H3/t18-,20?/m1/s1. The van der Waals surface area contributed by atoms with Crippen molar-refractivity contribution in [2.75, 3.05) is 7.11 Å². The van der Waals surface area contributed by atoms with Crippen molar-refractivity contribution in [2.24, 2.45) is 0 Å². The summed E-state index contributed by atoms with van der Waals surface area (Å²) in [6.45, 7) is 0. The number of rotatable bonds is 3. The number of imidazole rings is 1. The van der Waals surface area contributed by atoms with Crippen LogP contribution in [-0.4, -0.2) is 21.8 Å². The SMILES string of the molecule is COc1cccc(C2(O)C[C@H](c3ccc(C#N)cc3F)n3cncc32)c1. The molecule has 0 radical (unpaired) electrons. The molecule has 26 heavy (non-hydrogen) atoms. The average Bonchev–Trinajstić information content (AvgIpc) is 3.25. The van der Waals surface area contributed by atoms with Crippen LogP contribution in [0.15, 0.2) is 55.0 Å². The first-order chi connectivity index (χ1) is 12.6. The van der Waals surface area contributed by atoms with Gasteiger partial charge in [-0.25, -0.2) is 9.37 Å². The molecule has 2 heterocycles. The summed E-state index contributed by atoms with van der Waals surface area (Å²) >= 11 is 0. The van der Waals surface area contributed by atoms with Gasteiger partial charge in [-0.05, 0) is 29.8 Å². The molecule has 2 aromatic carbocycles. The van der Waals surface area contributed by atoms with Crippen LogP contribution in [0.2, 0.25) is 0 Å². The van der Waals surface area contributed by atoms with Crippen LogP contribution in [0.1, 0.15) is 34.8 Å². The largest absolute Gasteiger partial charge is 0.497 e. The van der Waals surface area contributed by atoms with Crippen molar-refractivity contribution in [3.8, 4) is 11.8 Å². The highest BCUT2D eigenvalue weighted by Gasteiger charge is 2.45. The summed E-state index contributed by atoms with van der Waals surface area (Å²) in [6, 6.07) is 13.1. The van der Waals surface area contributed by atoms with E-state index < -0.39 is 17.5 Å². The number of benzene rings is 2. The summed E-state index contributed by atoms with van der Waals surface area (Å²) in [7, 11) is 1.57. The minimum Gasteiger partial charge on any atom is -0.497 e. The molecule has 0 bridgehead atoms. The molecule has 1 unspecified atom stereocenters. The quantitative estimate of drug-likeness (QED) is 0.789. The molecule has 2 atom stereocenters. The highest BCUT2D eigenvalue weighted by molar-refractivity contribution is 5.43. The zero-order chi connectivity index (χ0) is 18.3. The van der Waals surface area contributed by atoms with Crippen LogP contribution in [0.3, 0.4) is 0 Å². The van der Waals surface area contributed by atoms with E-state index in [1.165, 1.54) is 6.07 Å². The average molecular weight is 349 g/mol. The third-order valence-corrected chi connectivity index (χ3v) is 4.95. The van der Waals surface area contributed by atoms with Crippen LogP contribution < -0.4 is 4.74 Å². The van der Waals surface area contributed by atoms with Crippen molar-refractivity contribution in [1.82, 2.24) is 9.55 Å². The van der Waals surface area contributed by atoms with Crippen molar-refractivity contribution in [3.63, 3.8) is 0 Å². The lowest BCUT2D eigenvalue weighted by molar-refractivity contribution is 0.0790. The Balaban J connectivity index is 1.81. The van der Waals surface area contributed by atoms with Crippen LogP contribution in [0, 0.1) is 17.1 Å². The number of hydrogen-bond acceptors (Lipinski definition) is 4. The third-order valence-electron chi connectivity index (χ3n) is 4.95. The topological polar surface area (TPSA) is 71.1 Å². The first kappa shape index (κ1) is 16.3. The molecule has 1 aliphatic rings. The number of hydrogen-bond donors (Lipinski definition) is 1. The van der Waals surface area contributed by atoms with E-state index in [1.807, 2.05) is 18.2 Å². The van der Waals surface area contributed by atoms with Gasteiger partial charge in [-0.15, -0.1) is 0 Å². The van der Waals surface area contributed by atoms with Gasteiger partial charge in [0.2, 0.25) is 0 Å². The summed E-state index contributed by atoms with van der Waals surface area (Å²) < 4.78 is 21.6. The molecular weight excluding hydrogens is 333 g/mol. The number of nitriles is 1. The summed E-state index contributed by atoms with van der Waals surface area (Å²) in [5, 5.41) is 20.4. The van der Waals surface area contributed by atoms with Crippen molar-refractivity contribution >= 4 is 0 Å². The minimum absolute atomic E-state index is 0.262. The second kappa shape index (κ2) is 5.97. The molecule has 1 aromatic heterocycles. The Morgan fingerprint density at radius 2 is 2.19 bits per heavy atom. The van der Waals surface area contributed by atoms with Crippen molar-refractivity contribution in [2.45, 2.75) is 18.1 Å². The first-order valence-corrected chi connectivity index (χ1v) is 8.15. The van der Waals surface area contributed by atoms with Crippen LogP contribution in [0.5, 0.6) is 5.75 Å². The van der Waals surface area contributed by atoms with Gasteiger partial charge in [0.05, 0.1) is 43.0 Å². The molecule has 0 saturated carbocycles. The minimum atomic E-state index is -1.31. The predicted octanol–water partition coefficient (Wildman–Crippen LogP) is 3.13. The van der Waals surface area contributed by atoms with Crippen LogP contribution in [0.25, 0.3) is 0 Å². The predicted molar refractivity (Wildman–Crippen MR) is 92.1 cm³/mol. The Kier molecular flexibility index (Phi) is 3.74. The Morgan fingerprint density at radius 1 is 1.35 bits per heavy atom. The van der Waals surface area contributed by atoms with E-state index >= 15 is 0 Å². The molecule has 130 valence electrons. The second-order valence-electron chi connectivity index (χ2n) is 6.35. The third kappa shape index (κ3) is 2.37. The number of ether oxygens (including phenoxy) is 1. The summed E-state index contributed by atoms with van der Waals surface area (Å²) in [5.41, 5.74) is 0.630. The van der Waals surface area contributed by atoms with Gasteiger partial charge in [0.15, 0.2) is 0 Å². The fourth-order valence-electron chi connectivity index (χ4n) is 3.63. The maximum atomic E-state index is 14.6. The molecular formula is C20H16FN3O2. The van der Waals surface area contributed by atoms with Gasteiger partial charge < -0.3 is 14.4 Å². The van der Waals surface area contributed by atoms with Gasteiger partial charge in [0.25, 0.3) is 0 Å². The number of aromatic nitrogens is 2. The van der Waals surface area contributed by atoms with Crippen molar-refractivity contribution < 1.29 is 14.2 Å². The summed E-state index contributed by atoms with van der Waals surface area (Å²) in [4.78, 5) is 4.14. The number of fused-ring (bicyclic) bond motifs is 1. The Bertz CT molecular complexity index is 1020. The number of aliphatic hydroxyl groups is 1. The smallest absolute Gasteiger partial charge is 0.133 e. The van der Waals surface area contributed by atoms with Gasteiger partial charge >= 0.3 is 0 Å². The lowest BCUT2D eigenvalue weighted by Crippen LogP contribution is -2.24. The zero-order valence-corrected chi connectivity index (χ0v) is 14.1. The molecule has 0 saturated heterocycles. The van der Waals surface area contributed by atoms with Gasteiger partial charge in [0.1, 0.15) is 17.2 Å². The molecule has 0 amide bonds. The molecule has 1 N–H and O–H groups in total. The lowest BCUT2D eigenvalue weighted by Gasteiger charge is -2.23. The Labute approximate surface area is 149 Å². The van der Waals surface area contributed by atoms with E-state index in [0.29, 0.717) is 22.6 Å². The maximum Gasteiger partial charge on any atom is 0.133 e. The maximum absolute atomic E-state index is 14.6. The zero-order valence-electron chi connectivity index (χ0n) is 14.1. The summed E-state index contributed by atoms with van der Waals surface area (Å²) in [5.74, 6) is 0.165. The fourth-order valence-corrected chi connectivity index (χ4v) is 3.63. The van der Waals surface area contributed by atoms with Gasteiger partial charge in [-0.2, -0.15) is 5.26 Å². The van der Waals surface area contributed by atoms with Crippen LogP contribution in [-0.2, 0) is 5.60 Å². The molecule has 0 spiro atoms. The van der Waals surface area contributed by atoms with E-state index in [1.54, 1.807) is 48.5 Å². The normalized spacial score (nSPS) is 21.2. The highest BCUT2D eigenvalue weighted by Crippen LogP contribution is 2.47. The van der Waals surface area contributed by atoms with Crippen molar-refractivity contribution in [1.29, 1.82) is 5.26 Å². The molecule has 3 aromatic rings. The lowest BCUT2D eigenvalue weighted by atomic mass is 9.86. The molecule has 0 aliphatic carbocycles. The van der Waals surface area contributed by atoms with E-state index in [2.05, 4.69) is 4.98 Å². The van der Waals surface area contributed by atoms with E-state index in [0.717, 1.165) is 0 Å². The molecule has 6 heteroatoms. The Morgan fingerprint density at radius 3 is 2.92 bits per heavy atom. The van der Waals surface area contributed by atoms with E-state index in [-0.39, 0.29) is 12.0 Å². The van der Waals surface area contributed by atoms with Gasteiger partial charge in [0, 0.05) is 12.0 Å².